The summed E-state index contributed by atoms with van der Waals surface area (Å²) < 4.78 is 6.56. The standard InChI is InChI=1S/C11H13BrO2/c1-8(13)7-9(2)14-11-5-3-10(12)4-6-11/h3-6,9H,7H2,1-2H3. The van der Waals surface area contributed by atoms with Crippen LogP contribution in [-0.2, 0) is 4.79 Å². The summed E-state index contributed by atoms with van der Waals surface area (Å²) in [4.78, 5) is 10.8. The van der Waals surface area contributed by atoms with Crippen molar-refractivity contribution >= 4 is 21.7 Å². The van der Waals surface area contributed by atoms with Crippen molar-refractivity contribution in [1.82, 2.24) is 0 Å². The Morgan fingerprint density at radius 2 is 2.00 bits per heavy atom. The zero-order valence-corrected chi connectivity index (χ0v) is 9.87. The first-order chi connectivity index (χ1) is 6.58. The van der Waals surface area contributed by atoms with Crippen LogP contribution in [0.1, 0.15) is 20.3 Å². The van der Waals surface area contributed by atoms with E-state index in [2.05, 4.69) is 15.9 Å². The highest BCUT2D eigenvalue weighted by Gasteiger charge is 2.06. The van der Waals surface area contributed by atoms with Crippen LogP contribution in [0.15, 0.2) is 28.7 Å². The molecule has 0 spiro atoms. The summed E-state index contributed by atoms with van der Waals surface area (Å²) in [6.07, 6.45) is 0.393. The van der Waals surface area contributed by atoms with Crippen molar-refractivity contribution in [1.29, 1.82) is 0 Å². The quantitative estimate of drug-likeness (QED) is 0.827. The maximum atomic E-state index is 10.8. The minimum Gasteiger partial charge on any atom is -0.490 e. The molecule has 0 bridgehead atoms. The molecule has 0 aliphatic carbocycles. The molecule has 76 valence electrons. The number of carbonyl (C=O) groups excluding carboxylic acids is 1. The van der Waals surface area contributed by atoms with Gasteiger partial charge < -0.3 is 4.74 Å². The molecule has 1 aromatic rings. The van der Waals surface area contributed by atoms with Gasteiger partial charge in [0, 0.05) is 10.9 Å². The van der Waals surface area contributed by atoms with E-state index in [9.17, 15) is 4.79 Å². The van der Waals surface area contributed by atoms with Crippen LogP contribution in [0, 0.1) is 0 Å². The van der Waals surface area contributed by atoms with Gasteiger partial charge >= 0.3 is 0 Å². The second-order valence-electron chi connectivity index (χ2n) is 3.29. The van der Waals surface area contributed by atoms with Crippen molar-refractivity contribution in [3.63, 3.8) is 0 Å². The molecule has 0 heterocycles. The van der Waals surface area contributed by atoms with Gasteiger partial charge in [-0.2, -0.15) is 0 Å². The lowest BCUT2D eigenvalue weighted by Crippen LogP contribution is -2.15. The topological polar surface area (TPSA) is 26.3 Å². The van der Waals surface area contributed by atoms with E-state index in [1.165, 1.54) is 0 Å². The Balaban J connectivity index is 2.51. The molecule has 14 heavy (non-hydrogen) atoms. The van der Waals surface area contributed by atoms with E-state index in [1.54, 1.807) is 6.92 Å². The summed E-state index contributed by atoms with van der Waals surface area (Å²) >= 11 is 3.34. The highest BCUT2D eigenvalue weighted by Crippen LogP contribution is 2.17. The molecule has 0 amide bonds. The van der Waals surface area contributed by atoms with Crippen LogP contribution in [0.2, 0.25) is 0 Å². The lowest BCUT2D eigenvalue weighted by Gasteiger charge is -2.12. The van der Waals surface area contributed by atoms with Crippen LogP contribution in [0.5, 0.6) is 5.75 Å². The van der Waals surface area contributed by atoms with E-state index in [0.717, 1.165) is 10.2 Å². The average Bonchev–Trinajstić information content (AvgIpc) is 2.07. The second kappa shape index (κ2) is 5.15. The number of benzene rings is 1. The van der Waals surface area contributed by atoms with Gasteiger partial charge in [-0.1, -0.05) is 15.9 Å². The van der Waals surface area contributed by atoms with Crippen molar-refractivity contribution in [2.45, 2.75) is 26.4 Å². The maximum absolute atomic E-state index is 10.8. The summed E-state index contributed by atoms with van der Waals surface area (Å²) in [5.74, 6) is 0.941. The molecule has 0 aliphatic rings. The predicted octanol–water partition coefficient (Wildman–Crippen LogP) is 3.20. The highest BCUT2D eigenvalue weighted by atomic mass is 79.9. The molecule has 0 aliphatic heterocycles. The first-order valence-corrected chi connectivity index (χ1v) is 5.29. The van der Waals surface area contributed by atoms with Crippen molar-refractivity contribution in [2.24, 2.45) is 0 Å². The monoisotopic (exact) mass is 256 g/mol. The molecular weight excluding hydrogens is 244 g/mol. The summed E-state index contributed by atoms with van der Waals surface area (Å²) in [5.41, 5.74) is 0. The lowest BCUT2D eigenvalue weighted by molar-refractivity contribution is -0.118. The number of Topliss-reactive ketones (excluding diaryl/α,β-unsaturated/α-hetero) is 1. The number of halogens is 1. The summed E-state index contributed by atoms with van der Waals surface area (Å²) in [6.45, 7) is 3.46. The first kappa shape index (κ1) is 11.2. The Bertz CT molecular complexity index is 306. The van der Waals surface area contributed by atoms with Gasteiger partial charge in [0.2, 0.25) is 0 Å². The van der Waals surface area contributed by atoms with Gasteiger partial charge in [0.1, 0.15) is 17.6 Å². The van der Waals surface area contributed by atoms with Crippen molar-refractivity contribution in [3.05, 3.63) is 28.7 Å². The summed E-state index contributed by atoms with van der Waals surface area (Å²) in [7, 11) is 0. The Kier molecular flexibility index (Phi) is 4.14. The van der Waals surface area contributed by atoms with E-state index in [1.807, 2.05) is 31.2 Å². The zero-order chi connectivity index (χ0) is 10.6. The lowest BCUT2D eigenvalue weighted by atomic mass is 10.2. The molecule has 1 unspecified atom stereocenters. The van der Waals surface area contributed by atoms with Gasteiger partial charge in [-0.15, -0.1) is 0 Å². The molecule has 1 aromatic carbocycles. The van der Waals surface area contributed by atoms with Gasteiger partial charge in [-0.25, -0.2) is 0 Å². The fraction of sp³-hybridized carbons (Fsp3) is 0.364. The van der Waals surface area contributed by atoms with E-state index >= 15 is 0 Å². The number of hydrogen-bond acceptors (Lipinski definition) is 2. The number of carbonyl (C=O) groups is 1. The predicted molar refractivity (Wildman–Crippen MR) is 59.5 cm³/mol. The van der Waals surface area contributed by atoms with Crippen LogP contribution in [0.4, 0.5) is 0 Å². The van der Waals surface area contributed by atoms with E-state index in [4.69, 9.17) is 4.74 Å². The smallest absolute Gasteiger partial charge is 0.133 e. The maximum Gasteiger partial charge on any atom is 0.133 e. The van der Waals surface area contributed by atoms with Gasteiger partial charge in [-0.3, -0.25) is 4.79 Å². The molecule has 2 nitrogen and oxygen atoms in total. The van der Waals surface area contributed by atoms with E-state index < -0.39 is 0 Å². The molecule has 0 fully saturated rings. The first-order valence-electron chi connectivity index (χ1n) is 4.49. The van der Waals surface area contributed by atoms with Gasteiger partial charge in [0.05, 0.1) is 0 Å². The van der Waals surface area contributed by atoms with Crippen LogP contribution >= 0.6 is 15.9 Å². The van der Waals surface area contributed by atoms with Crippen LogP contribution in [-0.4, -0.2) is 11.9 Å². The molecule has 0 N–H and O–H groups in total. The average molecular weight is 257 g/mol. The third-order valence-electron chi connectivity index (χ3n) is 1.73. The van der Waals surface area contributed by atoms with Crippen LogP contribution in [0.3, 0.4) is 0 Å². The van der Waals surface area contributed by atoms with Crippen LogP contribution < -0.4 is 4.74 Å². The molecule has 1 atom stereocenters. The van der Waals surface area contributed by atoms with Gasteiger partial charge in [0.25, 0.3) is 0 Å². The van der Waals surface area contributed by atoms with Crippen molar-refractivity contribution < 1.29 is 9.53 Å². The number of ether oxygens (including phenoxy) is 1. The third kappa shape index (κ3) is 3.92. The third-order valence-corrected chi connectivity index (χ3v) is 2.25. The Hall–Kier alpha value is -0.830. The minimum atomic E-state index is -0.0614. The minimum absolute atomic E-state index is 0.0614. The zero-order valence-electron chi connectivity index (χ0n) is 8.29. The fourth-order valence-electron chi connectivity index (χ4n) is 1.19. The number of hydrogen-bond donors (Lipinski definition) is 0. The molecular formula is C11H13BrO2. The van der Waals surface area contributed by atoms with Crippen molar-refractivity contribution in [3.8, 4) is 5.75 Å². The molecule has 0 radical (unpaired) electrons. The SMILES string of the molecule is CC(=O)CC(C)Oc1ccc(Br)cc1. The van der Waals surface area contributed by atoms with E-state index in [0.29, 0.717) is 6.42 Å². The van der Waals surface area contributed by atoms with Gasteiger partial charge in [0.15, 0.2) is 0 Å². The molecule has 0 saturated carbocycles. The number of ketones is 1. The largest absolute Gasteiger partial charge is 0.490 e. The van der Waals surface area contributed by atoms with Crippen LogP contribution in [0.25, 0.3) is 0 Å². The van der Waals surface area contributed by atoms with Crippen molar-refractivity contribution in [2.75, 3.05) is 0 Å². The highest BCUT2D eigenvalue weighted by molar-refractivity contribution is 9.10. The normalized spacial score (nSPS) is 12.2. The Morgan fingerprint density at radius 1 is 1.43 bits per heavy atom. The molecule has 0 saturated heterocycles. The number of rotatable bonds is 4. The second-order valence-corrected chi connectivity index (χ2v) is 4.20. The Morgan fingerprint density at radius 3 is 2.50 bits per heavy atom. The van der Waals surface area contributed by atoms with Gasteiger partial charge in [-0.05, 0) is 38.1 Å². The Labute approximate surface area is 92.4 Å². The fourth-order valence-corrected chi connectivity index (χ4v) is 1.46. The summed E-state index contributed by atoms with van der Waals surface area (Å²) in [6, 6.07) is 7.58. The molecule has 1 rings (SSSR count). The summed E-state index contributed by atoms with van der Waals surface area (Å²) in [5, 5.41) is 0. The van der Waals surface area contributed by atoms with E-state index in [-0.39, 0.29) is 11.9 Å². The molecule has 3 heteroatoms. The molecule has 0 aromatic heterocycles.